The van der Waals surface area contributed by atoms with Gasteiger partial charge in [0.1, 0.15) is 4.60 Å². The highest BCUT2D eigenvalue weighted by Crippen LogP contribution is 2.25. The van der Waals surface area contributed by atoms with E-state index < -0.39 is 0 Å². The van der Waals surface area contributed by atoms with Crippen LogP contribution in [0.15, 0.2) is 29.0 Å². The summed E-state index contributed by atoms with van der Waals surface area (Å²) < 4.78 is 2.93. The van der Waals surface area contributed by atoms with E-state index in [-0.39, 0.29) is 6.61 Å². The minimum Gasteiger partial charge on any atom is -0.396 e. The van der Waals surface area contributed by atoms with Crippen LogP contribution < -0.4 is 5.32 Å². The lowest BCUT2D eigenvalue weighted by Crippen LogP contribution is -2.07. The maximum absolute atomic E-state index is 8.88. The van der Waals surface area contributed by atoms with Gasteiger partial charge in [0.25, 0.3) is 0 Å². The van der Waals surface area contributed by atoms with E-state index in [9.17, 15) is 0 Å². The van der Waals surface area contributed by atoms with Crippen LogP contribution in [0.1, 0.15) is 12.0 Å². The van der Waals surface area contributed by atoms with Gasteiger partial charge in [-0.1, -0.05) is 6.07 Å². The van der Waals surface area contributed by atoms with Gasteiger partial charge in [-0.15, -0.1) is 0 Å². The highest BCUT2D eigenvalue weighted by molar-refractivity contribution is 9.10. The average Bonchev–Trinajstić information content (AvgIpc) is 2.81. The fourth-order valence-corrected chi connectivity index (χ4v) is 2.68. The van der Waals surface area contributed by atoms with Crippen molar-refractivity contribution in [2.24, 2.45) is 0 Å². The van der Waals surface area contributed by atoms with Crippen LogP contribution in [0.25, 0.3) is 16.7 Å². The van der Waals surface area contributed by atoms with Gasteiger partial charge in [0, 0.05) is 13.2 Å². The van der Waals surface area contributed by atoms with Gasteiger partial charge in [-0.25, -0.2) is 9.97 Å². The van der Waals surface area contributed by atoms with Crippen LogP contribution in [0, 0.1) is 6.92 Å². The molecule has 0 unspecified atom stereocenters. The molecule has 0 atom stereocenters. The molecule has 2 N–H and O–H groups in total. The Morgan fingerprint density at radius 1 is 1.40 bits per heavy atom. The summed E-state index contributed by atoms with van der Waals surface area (Å²) in [6.07, 6.45) is 2.45. The van der Waals surface area contributed by atoms with Gasteiger partial charge < -0.3 is 10.4 Å². The first-order chi connectivity index (χ1) is 9.70. The van der Waals surface area contributed by atoms with Crippen molar-refractivity contribution in [1.29, 1.82) is 0 Å². The number of aliphatic hydroxyl groups is 1. The van der Waals surface area contributed by atoms with Crippen LogP contribution >= 0.6 is 15.9 Å². The van der Waals surface area contributed by atoms with Gasteiger partial charge in [0.05, 0.1) is 17.2 Å². The zero-order valence-corrected chi connectivity index (χ0v) is 12.7. The zero-order valence-electron chi connectivity index (χ0n) is 11.1. The van der Waals surface area contributed by atoms with E-state index >= 15 is 0 Å². The highest BCUT2D eigenvalue weighted by Gasteiger charge is 2.12. The lowest BCUT2D eigenvalue weighted by atomic mass is 10.2. The molecular weight excluding hydrogens is 320 g/mol. The zero-order chi connectivity index (χ0) is 14.1. The van der Waals surface area contributed by atoms with Crippen LogP contribution in [0.3, 0.4) is 0 Å². The Morgan fingerprint density at radius 2 is 2.25 bits per heavy atom. The normalized spacial score (nSPS) is 11.3. The molecule has 0 bridgehead atoms. The molecule has 1 aromatic carbocycles. The first-order valence-electron chi connectivity index (χ1n) is 6.49. The molecule has 20 heavy (non-hydrogen) atoms. The molecule has 3 rings (SSSR count). The third-order valence-corrected chi connectivity index (χ3v) is 3.72. The van der Waals surface area contributed by atoms with Crippen molar-refractivity contribution < 1.29 is 5.11 Å². The second kappa shape index (κ2) is 5.38. The molecule has 2 heterocycles. The number of rotatable bonds is 4. The van der Waals surface area contributed by atoms with Crippen molar-refractivity contribution in [2.75, 3.05) is 18.5 Å². The number of aromatic nitrogens is 3. The molecule has 0 aliphatic rings. The molecule has 0 fully saturated rings. The summed E-state index contributed by atoms with van der Waals surface area (Å²) in [5, 5.41) is 12.1. The second-order valence-corrected chi connectivity index (χ2v) is 5.51. The van der Waals surface area contributed by atoms with Crippen LogP contribution in [0.4, 0.5) is 5.82 Å². The molecular formula is C14H15BrN4O. The summed E-state index contributed by atoms with van der Waals surface area (Å²) in [6, 6.07) is 6.17. The smallest absolute Gasteiger partial charge is 0.181 e. The van der Waals surface area contributed by atoms with Crippen molar-refractivity contribution in [3.63, 3.8) is 0 Å². The molecule has 0 saturated carbocycles. The molecule has 2 aromatic heterocycles. The number of benzene rings is 1. The van der Waals surface area contributed by atoms with Crippen molar-refractivity contribution in [3.05, 3.63) is 34.6 Å². The Labute approximate surface area is 124 Å². The van der Waals surface area contributed by atoms with E-state index in [1.54, 1.807) is 6.20 Å². The van der Waals surface area contributed by atoms with E-state index in [0.717, 1.165) is 27.1 Å². The monoisotopic (exact) mass is 334 g/mol. The number of aryl methyl sites for hydroxylation is 1. The number of aliphatic hydroxyl groups excluding tert-OH is 1. The number of nitrogens with one attached hydrogen (secondary N) is 1. The van der Waals surface area contributed by atoms with Crippen LogP contribution in [-0.2, 0) is 0 Å². The van der Waals surface area contributed by atoms with Crippen LogP contribution in [0.2, 0.25) is 0 Å². The third kappa shape index (κ3) is 2.25. The molecule has 3 aromatic rings. The lowest BCUT2D eigenvalue weighted by molar-refractivity contribution is 0.292. The predicted octanol–water partition coefficient (Wildman–Crippen LogP) is 2.75. The van der Waals surface area contributed by atoms with Crippen molar-refractivity contribution in [2.45, 2.75) is 13.3 Å². The molecule has 0 aliphatic carbocycles. The maximum Gasteiger partial charge on any atom is 0.181 e. The molecule has 0 amide bonds. The maximum atomic E-state index is 8.88. The second-order valence-electron chi connectivity index (χ2n) is 4.70. The number of halogens is 1. The molecule has 0 saturated heterocycles. The minimum atomic E-state index is 0.161. The summed E-state index contributed by atoms with van der Waals surface area (Å²) in [4.78, 5) is 9.05. The summed E-state index contributed by atoms with van der Waals surface area (Å²) in [5.41, 5.74) is 3.89. The SMILES string of the molecule is Cc1ccc2c(c1)nc(NCCCO)c1ncc(Br)n12. The molecule has 6 heteroatoms. The summed E-state index contributed by atoms with van der Waals surface area (Å²) in [7, 11) is 0. The van der Waals surface area contributed by atoms with Gasteiger partial charge in [0.2, 0.25) is 0 Å². The molecule has 0 radical (unpaired) electrons. The number of hydrogen-bond donors (Lipinski definition) is 2. The van der Waals surface area contributed by atoms with E-state index in [4.69, 9.17) is 5.11 Å². The van der Waals surface area contributed by atoms with E-state index in [2.05, 4.69) is 49.4 Å². The van der Waals surface area contributed by atoms with Gasteiger partial charge in [-0.2, -0.15) is 0 Å². The Hall–Kier alpha value is -1.66. The lowest BCUT2D eigenvalue weighted by Gasteiger charge is -2.10. The number of nitrogens with zero attached hydrogens (tertiary/aromatic N) is 3. The largest absolute Gasteiger partial charge is 0.396 e. The van der Waals surface area contributed by atoms with E-state index in [0.29, 0.717) is 13.0 Å². The van der Waals surface area contributed by atoms with Crippen LogP contribution in [0.5, 0.6) is 0 Å². The molecule has 0 spiro atoms. The predicted molar refractivity (Wildman–Crippen MR) is 83.1 cm³/mol. The van der Waals surface area contributed by atoms with Crippen molar-refractivity contribution >= 4 is 38.4 Å². The third-order valence-electron chi connectivity index (χ3n) is 3.16. The first-order valence-corrected chi connectivity index (χ1v) is 7.28. The Bertz CT molecular complexity index is 769. The average molecular weight is 335 g/mol. The number of imidazole rings is 1. The van der Waals surface area contributed by atoms with Gasteiger partial charge >= 0.3 is 0 Å². The quantitative estimate of drug-likeness (QED) is 0.720. The molecule has 0 aliphatic heterocycles. The summed E-state index contributed by atoms with van der Waals surface area (Å²) >= 11 is 3.53. The van der Waals surface area contributed by atoms with Gasteiger partial charge in [-0.05, 0) is 47.0 Å². The Morgan fingerprint density at radius 3 is 3.05 bits per heavy atom. The Kier molecular flexibility index (Phi) is 3.58. The van der Waals surface area contributed by atoms with Crippen molar-refractivity contribution in [3.8, 4) is 0 Å². The minimum absolute atomic E-state index is 0.161. The van der Waals surface area contributed by atoms with Crippen LogP contribution in [-0.4, -0.2) is 32.6 Å². The van der Waals surface area contributed by atoms with Gasteiger partial charge in [0.15, 0.2) is 11.5 Å². The summed E-state index contributed by atoms with van der Waals surface area (Å²) in [5.74, 6) is 0.738. The molecule has 104 valence electrons. The fraction of sp³-hybridized carbons (Fsp3) is 0.286. The van der Waals surface area contributed by atoms with E-state index in [1.165, 1.54) is 5.56 Å². The number of hydrogen-bond acceptors (Lipinski definition) is 4. The van der Waals surface area contributed by atoms with Gasteiger partial charge in [-0.3, -0.25) is 4.40 Å². The highest BCUT2D eigenvalue weighted by atomic mass is 79.9. The summed E-state index contributed by atoms with van der Waals surface area (Å²) in [6.45, 7) is 2.88. The van der Waals surface area contributed by atoms with E-state index in [1.807, 2.05) is 11.3 Å². The first kappa shape index (κ1) is 13.3. The topological polar surface area (TPSA) is 62.5 Å². The standard InChI is InChI=1S/C14H15BrN4O/c1-9-3-4-11-10(7-9)18-13(16-5-2-6-20)14-17-8-12(15)19(11)14/h3-4,7-8,20H,2,5-6H2,1H3,(H,16,18). The fourth-order valence-electron chi connectivity index (χ4n) is 2.21. The Balaban J connectivity index is 2.21. The molecule has 5 nitrogen and oxygen atoms in total. The number of anilines is 1. The van der Waals surface area contributed by atoms with Crippen molar-refractivity contribution in [1.82, 2.24) is 14.4 Å². The number of fused-ring (bicyclic) bond motifs is 3.